The molecule has 0 unspecified atom stereocenters. The number of hydrogen-bond donors (Lipinski definition) is 0. The fourth-order valence-electron chi connectivity index (χ4n) is 4.22. The maximum Gasteiger partial charge on any atom is 0.275 e. The van der Waals surface area contributed by atoms with Gasteiger partial charge in [0.25, 0.3) is 5.88 Å². The molecule has 6 rings (SSSR count). The molecule has 0 bridgehead atoms. The second kappa shape index (κ2) is 8.41. The average molecular weight is 461 g/mol. The summed E-state index contributed by atoms with van der Waals surface area (Å²) < 4.78 is 26.0. The molecule has 5 aromatic rings. The first-order valence-corrected chi connectivity index (χ1v) is 11.1. The number of rotatable bonds is 6. The fraction of sp³-hybridized carbons (Fsp3) is 0.348. The number of aromatic nitrogens is 7. The summed E-state index contributed by atoms with van der Waals surface area (Å²) in [5.41, 5.74) is 2.79. The van der Waals surface area contributed by atoms with Crippen LogP contribution in [0.15, 0.2) is 41.1 Å². The number of aryl methyl sites for hydroxylation is 1. The molecule has 34 heavy (non-hydrogen) atoms. The van der Waals surface area contributed by atoms with Crippen LogP contribution in [-0.2, 0) is 11.3 Å². The molecule has 1 fully saturated rings. The summed E-state index contributed by atoms with van der Waals surface area (Å²) in [6, 6.07) is 10.0. The van der Waals surface area contributed by atoms with E-state index in [-0.39, 0.29) is 6.61 Å². The van der Waals surface area contributed by atoms with Gasteiger partial charge < -0.3 is 23.3 Å². The Bertz CT molecular complexity index is 1470. The zero-order valence-corrected chi connectivity index (χ0v) is 18.8. The summed E-state index contributed by atoms with van der Waals surface area (Å²) in [5.74, 6) is 1.88. The van der Waals surface area contributed by atoms with Crippen LogP contribution in [0.4, 0.5) is 0 Å². The Kier molecular flexibility index (Phi) is 5.10. The molecular weight excluding hydrogens is 438 g/mol. The van der Waals surface area contributed by atoms with E-state index >= 15 is 0 Å². The first-order chi connectivity index (χ1) is 16.7. The smallest absolute Gasteiger partial charge is 0.275 e. The van der Waals surface area contributed by atoms with Gasteiger partial charge >= 0.3 is 0 Å². The summed E-state index contributed by atoms with van der Waals surface area (Å²) in [7, 11) is 1.56. The first-order valence-electron chi connectivity index (χ1n) is 11.1. The quantitative estimate of drug-likeness (QED) is 0.375. The van der Waals surface area contributed by atoms with E-state index in [0.29, 0.717) is 40.6 Å². The third-order valence-electron chi connectivity index (χ3n) is 5.97. The van der Waals surface area contributed by atoms with Crippen LogP contribution in [-0.4, -0.2) is 54.8 Å². The highest BCUT2D eigenvalue weighted by atomic mass is 16.5. The Morgan fingerprint density at radius 3 is 2.79 bits per heavy atom. The minimum atomic E-state index is 0.226. The maximum absolute atomic E-state index is 6.05. The van der Waals surface area contributed by atoms with Crippen molar-refractivity contribution in [3.8, 4) is 23.1 Å². The Labute approximate surface area is 194 Å². The second-order valence-corrected chi connectivity index (χ2v) is 8.20. The molecule has 5 aromatic heterocycles. The van der Waals surface area contributed by atoms with Gasteiger partial charge in [-0.25, -0.2) is 4.98 Å². The molecule has 0 aliphatic carbocycles. The van der Waals surface area contributed by atoms with Crippen molar-refractivity contribution in [2.75, 3.05) is 20.3 Å². The van der Waals surface area contributed by atoms with Crippen LogP contribution in [0.25, 0.3) is 28.2 Å². The second-order valence-electron chi connectivity index (χ2n) is 8.20. The number of methoxy groups -OCH3 is 1. The summed E-state index contributed by atoms with van der Waals surface area (Å²) >= 11 is 0. The van der Waals surface area contributed by atoms with Crippen molar-refractivity contribution in [1.82, 2.24) is 34.5 Å². The summed E-state index contributed by atoms with van der Waals surface area (Å²) in [6.45, 7) is 3.59. The molecule has 11 heteroatoms. The highest BCUT2D eigenvalue weighted by molar-refractivity contribution is 5.76. The fourth-order valence-corrected chi connectivity index (χ4v) is 4.22. The molecule has 0 spiro atoms. The highest BCUT2D eigenvalue weighted by Crippen LogP contribution is 2.29. The molecule has 0 aromatic carbocycles. The van der Waals surface area contributed by atoms with Crippen LogP contribution in [0.3, 0.4) is 0 Å². The number of nitrogens with zero attached hydrogens (tertiary/aromatic N) is 7. The maximum atomic E-state index is 6.05. The van der Waals surface area contributed by atoms with Gasteiger partial charge in [-0.15, -0.1) is 15.3 Å². The number of fused-ring (bicyclic) bond motifs is 2. The van der Waals surface area contributed by atoms with E-state index in [1.165, 1.54) is 0 Å². The third-order valence-corrected chi connectivity index (χ3v) is 5.97. The molecule has 0 saturated carbocycles. The topological polar surface area (TPSA) is 115 Å². The van der Waals surface area contributed by atoms with Gasteiger partial charge in [-0.1, -0.05) is 5.16 Å². The largest absolute Gasteiger partial charge is 0.491 e. The standard InChI is InChI=1S/C23H23N7O4/c1-14-11-18(28-34-14)22-26-25-20-12-19(31-2)23(27-30(20)22)33-13-16-4-3-15-5-8-29(21(15)24-16)17-6-9-32-10-7-17/h3-5,8,11-12,17H,6-7,9-10,13H2,1-2H3. The van der Waals surface area contributed by atoms with E-state index in [2.05, 4.69) is 43.3 Å². The molecule has 0 amide bonds. The van der Waals surface area contributed by atoms with Crippen molar-refractivity contribution in [2.24, 2.45) is 0 Å². The van der Waals surface area contributed by atoms with Crippen LogP contribution in [0, 0.1) is 6.92 Å². The lowest BCUT2D eigenvalue weighted by atomic mass is 10.1. The van der Waals surface area contributed by atoms with Gasteiger partial charge in [-0.3, -0.25) is 0 Å². The van der Waals surface area contributed by atoms with E-state index in [1.54, 1.807) is 23.8 Å². The van der Waals surface area contributed by atoms with Gasteiger partial charge in [0.05, 0.1) is 12.8 Å². The van der Waals surface area contributed by atoms with Crippen molar-refractivity contribution >= 4 is 16.7 Å². The van der Waals surface area contributed by atoms with Crippen molar-refractivity contribution in [2.45, 2.75) is 32.4 Å². The molecule has 1 aliphatic heterocycles. The Balaban J connectivity index is 1.30. The van der Waals surface area contributed by atoms with Gasteiger partial charge in [-0.2, -0.15) is 4.52 Å². The van der Waals surface area contributed by atoms with Crippen molar-refractivity contribution < 1.29 is 18.7 Å². The molecule has 11 nitrogen and oxygen atoms in total. The van der Waals surface area contributed by atoms with Crippen molar-refractivity contribution in [3.05, 3.63) is 48.0 Å². The van der Waals surface area contributed by atoms with Crippen LogP contribution in [0.2, 0.25) is 0 Å². The van der Waals surface area contributed by atoms with E-state index < -0.39 is 0 Å². The average Bonchev–Trinajstić information content (AvgIpc) is 3.60. The van der Waals surface area contributed by atoms with E-state index in [1.807, 2.05) is 13.0 Å². The van der Waals surface area contributed by atoms with Gasteiger partial charge in [0, 0.05) is 43.0 Å². The van der Waals surface area contributed by atoms with Crippen LogP contribution in [0.1, 0.15) is 30.3 Å². The number of pyridine rings is 1. The van der Waals surface area contributed by atoms with E-state index in [0.717, 1.165) is 42.8 Å². The van der Waals surface area contributed by atoms with Crippen molar-refractivity contribution in [3.63, 3.8) is 0 Å². The summed E-state index contributed by atoms with van der Waals surface area (Å²) in [4.78, 5) is 4.88. The first kappa shape index (κ1) is 20.6. The summed E-state index contributed by atoms with van der Waals surface area (Å²) in [5, 5.41) is 18.0. The van der Waals surface area contributed by atoms with E-state index in [9.17, 15) is 0 Å². The lowest BCUT2D eigenvalue weighted by Crippen LogP contribution is -2.19. The zero-order valence-electron chi connectivity index (χ0n) is 18.8. The van der Waals surface area contributed by atoms with Gasteiger partial charge in [0.2, 0.25) is 5.82 Å². The van der Waals surface area contributed by atoms with Crippen molar-refractivity contribution in [1.29, 1.82) is 0 Å². The minimum Gasteiger partial charge on any atom is -0.491 e. The lowest BCUT2D eigenvalue weighted by Gasteiger charge is -2.24. The van der Waals surface area contributed by atoms with Gasteiger partial charge in [-0.05, 0) is 38.0 Å². The van der Waals surface area contributed by atoms with Crippen LogP contribution < -0.4 is 9.47 Å². The predicted octanol–water partition coefficient (Wildman–Crippen LogP) is 3.38. The lowest BCUT2D eigenvalue weighted by molar-refractivity contribution is 0.0706. The van der Waals surface area contributed by atoms with E-state index in [4.69, 9.17) is 23.7 Å². The van der Waals surface area contributed by atoms with Crippen LogP contribution >= 0.6 is 0 Å². The molecular formula is C23H23N7O4. The SMILES string of the molecule is COc1cc2nnc(-c3cc(C)on3)n2nc1OCc1ccc2ccn(C3CCOCC3)c2n1. The molecule has 1 saturated heterocycles. The third kappa shape index (κ3) is 3.63. The molecule has 0 atom stereocenters. The highest BCUT2D eigenvalue weighted by Gasteiger charge is 2.20. The normalized spacial score (nSPS) is 14.8. The Hall–Kier alpha value is -3.99. The Morgan fingerprint density at radius 2 is 2.00 bits per heavy atom. The molecule has 174 valence electrons. The van der Waals surface area contributed by atoms with Crippen LogP contribution in [0.5, 0.6) is 11.6 Å². The molecule has 0 N–H and O–H groups in total. The number of ether oxygens (including phenoxy) is 3. The zero-order chi connectivity index (χ0) is 23.1. The molecule has 0 radical (unpaired) electrons. The minimum absolute atomic E-state index is 0.226. The summed E-state index contributed by atoms with van der Waals surface area (Å²) in [6.07, 6.45) is 4.08. The molecule has 1 aliphatic rings. The van der Waals surface area contributed by atoms with Gasteiger partial charge in [0.15, 0.2) is 17.1 Å². The van der Waals surface area contributed by atoms with Gasteiger partial charge in [0.1, 0.15) is 18.0 Å². The Morgan fingerprint density at radius 1 is 1.12 bits per heavy atom. The monoisotopic (exact) mass is 461 g/mol. The predicted molar refractivity (Wildman–Crippen MR) is 121 cm³/mol. The number of hydrogen-bond acceptors (Lipinski definition) is 9. The molecule has 6 heterocycles.